The number of hydrogen-bond donors (Lipinski definition) is 1. The predicted octanol–water partition coefficient (Wildman–Crippen LogP) is 2.62. The summed E-state index contributed by atoms with van der Waals surface area (Å²) >= 11 is 0. The minimum Gasteiger partial charge on any atom is -0.379 e. The van der Waals surface area contributed by atoms with Crippen LogP contribution in [0.4, 0.5) is 4.39 Å². The highest BCUT2D eigenvalue weighted by Gasteiger charge is 2.30. The molecule has 2 saturated heterocycles. The van der Waals surface area contributed by atoms with Gasteiger partial charge in [-0.05, 0) is 37.5 Å². The van der Waals surface area contributed by atoms with E-state index in [2.05, 4.69) is 22.0 Å². The van der Waals surface area contributed by atoms with Crippen molar-refractivity contribution in [1.29, 1.82) is 0 Å². The van der Waals surface area contributed by atoms with E-state index in [1.807, 2.05) is 12.1 Å². The molecule has 26 heavy (non-hydrogen) atoms. The lowest BCUT2D eigenvalue weighted by Gasteiger charge is -2.32. The Hall–Kier alpha value is -0.930. The maximum absolute atomic E-state index is 13.4. The molecule has 0 bridgehead atoms. The fraction of sp³-hybridized carbons (Fsp3) is 0.632. The van der Waals surface area contributed by atoms with Crippen LogP contribution < -0.4 is 5.32 Å². The van der Waals surface area contributed by atoms with Crippen LogP contribution in [0, 0.1) is 12.7 Å². The summed E-state index contributed by atoms with van der Waals surface area (Å²) < 4.78 is 18.9. The summed E-state index contributed by atoms with van der Waals surface area (Å²) in [6.45, 7) is 11.1. The topological polar surface area (TPSA) is 40.1 Å². The van der Waals surface area contributed by atoms with Gasteiger partial charge in [-0.25, -0.2) is 9.38 Å². The van der Waals surface area contributed by atoms with Gasteiger partial charge in [0.1, 0.15) is 5.82 Å². The number of hydrogen-bond acceptors (Lipinski definition) is 3. The van der Waals surface area contributed by atoms with Crippen LogP contribution in [-0.2, 0) is 11.3 Å². The van der Waals surface area contributed by atoms with Crippen LogP contribution in [-0.4, -0.2) is 67.7 Å². The molecule has 0 amide bonds. The zero-order valence-electron chi connectivity index (χ0n) is 15.7. The molecule has 2 aliphatic rings. The van der Waals surface area contributed by atoms with Crippen LogP contribution >= 0.6 is 24.0 Å². The number of aryl methyl sites for hydroxylation is 1. The van der Waals surface area contributed by atoms with Gasteiger partial charge in [0.15, 0.2) is 5.96 Å². The lowest BCUT2D eigenvalue weighted by molar-refractivity contribution is 0.0195. The first kappa shape index (κ1) is 21.4. The SMILES string of the molecule is CCNC(=NCc1ccc(F)c(C)c1)N1CCC(N2CCOCC2)C1.I. The van der Waals surface area contributed by atoms with Crippen molar-refractivity contribution in [2.24, 2.45) is 4.99 Å². The first-order chi connectivity index (χ1) is 12.2. The summed E-state index contributed by atoms with van der Waals surface area (Å²) in [5, 5.41) is 3.40. The van der Waals surface area contributed by atoms with E-state index in [4.69, 9.17) is 9.73 Å². The van der Waals surface area contributed by atoms with Crippen molar-refractivity contribution in [3.05, 3.63) is 35.1 Å². The largest absolute Gasteiger partial charge is 0.379 e. The number of rotatable bonds is 4. The van der Waals surface area contributed by atoms with Crippen molar-refractivity contribution in [3.63, 3.8) is 0 Å². The monoisotopic (exact) mass is 476 g/mol. The lowest BCUT2D eigenvalue weighted by Crippen LogP contribution is -2.46. The fourth-order valence-electron chi connectivity index (χ4n) is 3.57. The Balaban J connectivity index is 0.00000243. The predicted molar refractivity (Wildman–Crippen MR) is 114 cm³/mol. The molecule has 2 fully saturated rings. The van der Waals surface area contributed by atoms with Crippen molar-refractivity contribution in [3.8, 4) is 0 Å². The molecule has 1 aromatic rings. The summed E-state index contributed by atoms with van der Waals surface area (Å²) in [5.74, 6) is 0.799. The normalized spacial score (nSPS) is 21.6. The molecule has 2 heterocycles. The van der Waals surface area contributed by atoms with Crippen LogP contribution in [0.3, 0.4) is 0 Å². The van der Waals surface area contributed by atoms with Gasteiger partial charge in [-0.3, -0.25) is 4.90 Å². The Morgan fingerprint density at radius 1 is 1.31 bits per heavy atom. The second-order valence-electron chi connectivity index (χ2n) is 6.79. The number of guanidine groups is 1. The summed E-state index contributed by atoms with van der Waals surface area (Å²) in [4.78, 5) is 9.67. The Labute approximate surface area is 173 Å². The van der Waals surface area contributed by atoms with E-state index in [1.165, 1.54) is 12.5 Å². The molecule has 2 aliphatic heterocycles. The number of nitrogens with one attached hydrogen (secondary N) is 1. The Morgan fingerprint density at radius 2 is 2.08 bits per heavy atom. The van der Waals surface area contributed by atoms with E-state index in [0.29, 0.717) is 18.2 Å². The first-order valence-corrected chi connectivity index (χ1v) is 9.27. The van der Waals surface area contributed by atoms with Crippen LogP contribution in [0.15, 0.2) is 23.2 Å². The molecule has 0 aromatic heterocycles. The quantitative estimate of drug-likeness (QED) is 0.412. The number of halogens is 2. The van der Waals surface area contributed by atoms with E-state index in [9.17, 15) is 4.39 Å². The van der Waals surface area contributed by atoms with Gasteiger partial charge in [0.2, 0.25) is 0 Å². The summed E-state index contributed by atoms with van der Waals surface area (Å²) in [7, 11) is 0. The maximum Gasteiger partial charge on any atom is 0.194 e. The van der Waals surface area contributed by atoms with Crippen LogP contribution in [0.25, 0.3) is 0 Å². The zero-order chi connectivity index (χ0) is 17.6. The molecule has 1 unspecified atom stereocenters. The third kappa shape index (κ3) is 5.53. The highest BCUT2D eigenvalue weighted by Crippen LogP contribution is 2.17. The highest BCUT2D eigenvalue weighted by molar-refractivity contribution is 14.0. The van der Waals surface area contributed by atoms with Gasteiger partial charge < -0.3 is 15.0 Å². The molecule has 0 saturated carbocycles. The van der Waals surface area contributed by atoms with Crippen molar-refractivity contribution >= 4 is 29.9 Å². The van der Waals surface area contributed by atoms with Gasteiger partial charge in [-0.1, -0.05) is 12.1 Å². The summed E-state index contributed by atoms with van der Waals surface area (Å²) in [6.07, 6.45) is 1.17. The van der Waals surface area contributed by atoms with Crippen molar-refractivity contribution in [1.82, 2.24) is 15.1 Å². The van der Waals surface area contributed by atoms with Gasteiger partial charge in [0.25, 0.3) is 0 Å². The van der Waals surface area contributed by atoms with E-state index in [-0.39, 0.29) is 29.8 Å². The number of likely N-dealkylation sites (tertiary alicyclic amines) is 1. The summed E-state index contributed by atoms with van der Waals surface area (Å²) in [6, 6.07) is 5.80. The van der Waals surface area contributed by atoms with Crippen molar-refractivity contribution in [2.45, 2.75) is 32.9 Å². The zero-order valence-corrected chi connectivity index (χ0v) is 18.0. The molecule has 1 atom stereocenters. The van der Waals surface area contributed by atoms with Gasteiger partial charge in [0, 0.05) is 38.8 Å². The molecular weight excluding hydrogens is 446 g/mol. The number of aliphatic imine (C=N–C) groups is 1. The Morgan fingerprint density at radius 3 is 2.77 bits per heavy atom. The highest BCUT2D eigenvalue weighted by atomic mass is 127. The first-order valence-electron chi connectivity index (χ1n) is 9.27. The van der Waals surface area contributed by atoms with Crippen LogP contribution in [0.1, 0.15) is 24.5 Å². The Kier molecular flexibility index (Phi) is 8.56. The van der Waals surface area contributed by atoms with E-state index < -0.39 is 0 Å². The third-order valence-electron chi connectivity index (χ3n) is 4.99. The van der Waals surface area contributed by atoms with Crippen molar-refractivity contribution < 1.29 is 9.13 Å². The molecule has 1 aromatic carbocycles. The number of ether oxygens (including phenoxy) is 1. The van der Waals surface area contributed by atoms with Gasteiger partial charge in [-0.15, -0.1) is 24.0 Å². The average molecular weight is 476 g/mol. The standard InChI is InChI=1S/C19H29FN4O.HI/c1-3-21-19(22-13-16-4-5-18(20)15(2)12-16)24-7-6-17(14-24)23-8-10-25-11-9-23;/h4-5,12,17H,3,6-11,13-14H2,1-2H3,(H,21,22);1H. The minimum absolute atomic E-state index is 0. The molecule has 0 spiro atoms. The van der Waals surface area contributed by atoms with Gasteiger partial charge >= 0.3 is 0 Å². The minimum atomic E-state index is -0.160. The molecule has 0 radical (unpaired) electrons. The van der Waals surface area contributed by atoms with E-state index >= 15 is 0 Å². The maximum atomic E-state index is 13.4. The number of morpholine rings is 1. The van der Waals surface area contributed by atoms with E-state index in [0.717, 1.165) is 57.5 Å². The third-order valence-corrected chi connectivity index (χ3v) is 4.99. The molecule has 1 N–H and O–H groups in total. The second-order valence-corrected chi connectivity index (χ2v) is 6.79. The molecule has 0 aliphatic carbocycles. The fourth-order valence-corrected chi connectivity index (χ4v) is 3.57. The molecule has 3 rings (SSSR count). The van der Waals surface area contributed by atoms with E-state index in [1.54, 1.807) is 6.92 Å². The molecule has 7 heteroatoms. The van der Waals surface area contributed by atoms with Crippen molar-refractivity contribution in [2.75, 3.05) is 45.9 Å². The molecule has 146 valence electrons. The van der Waals surface area contributed by atoms with Gasteiger partial charge in [-0.2, -0.15) is 0 Å². The lowest BCUT2D eigenvalue weighted by atomic mass is 10.1. The number of nitrogens with zero attached hydrogens (tertiary/aromatic N) is 3. The second kappa shape index (κ2) is 10.4. The molecular formula is C19H30FIN4O. The Bertz CT molecular complexity index is 607. The van der Waals surface area contributed by atoms with Crippen LogP contribution in [0.5, 0.6) is 0 Å². The number of benzene rings is 1. The van der Waals surface area contributed by atoms with Crippen LogP contribution in [0.2, 0.25) is 0 Å². The summed E-state index contributed by atoms with van der Waals surface area (Å²) in [5.41, 5.74) is 1.71. The smallest absolute Gasteiger partial charge is 0.194 e. The van der Waals surface area contributed by atoms with Gasteiger partial charge in [0.05, 0.1) is 19.8 Å². The molecule has 5 nitrogen and oxygen atoms in total. The average Bonchev–Trinajstić information content (AvgIpc) is 3.12.